The van der Waals surface area contributed by atoms with Crippen LogP contribution >= 0.6 is 0 Å². The number of rotatable bonds is 4. The molecule has 1 aliphatic rings. The molecule has 0 saturated carbocycles. The Hall–Kier alpha value is -2.33. The summed E-state index contributed by atoms with van der Waals surface area (Å²) in [4.78, 5) is 6.73. The van der Waals surface area contributed by atoms with Crippen molar-refractivity contribution in [3.63, 3.8) is 0 Å². The van der Waals surface area contributed by atoms with Crippen molar-refractivity contribution in [2.24, 2.45) is 5.92 Å². The molecule has 22 heavy (non-hydrogen) atoms. The van der Waals surface area contributed by atoms with Crippen LogP contribution in [0.2, 0.25) is 0 Å². The van der Waals surface area contributed by atoms with E-state index in [9.17, 15) is 0 Å². The van der Waals surface area contributed by atoms with Gasteiger partial charge in [-0.3, -0.25) is 9.47 Å². The van der Waals surface area contributed by atoms with Gasteiger partial charge in [0.15, 0.2) is 5.88 Å². The van der Waals surface area contributed by atoms with Crippen LogP contribution in [-0.4, -0.2) is 35.7 Å². The minimum atomic E-state index is 0.189. The fraction of sp³-hybridized carbons (Fsp3) is 0.278. The molecule has 1 aliphatic heterocycles. The number of hydrogen-bond donors (Lipinski definition) is 0. The second-order valence-electron chi connectivity index (χ2n) is 5.62. The Morgan fingerprint density at radius 1 is 1.23 bits per heavy atom. The molecule has 3 rings (SSSR count). The van der Waals surface area contributed by atoms with E-state index >= 15 is 0 Å². The summed E-state index contributed by atoms with van der Waals surface area (Å²) in [7, 11) is 5.86. The average molecular weight is 295 g/mol. The normalized spacial score (nSPS) is 21.0. The molecular formula is C18H21N3O. The monoisotopic (exact) mass is 295 g/mol. The van der Waals surface area contributed by atoms with Gasteiger partial charge in [0.25, 0.3) is 0 Å². The minimum absolute atomic E-state index is 0.189. The number of ether oxygens (including phenoxy) is 1. The van der Waals surface area contributed by atoms with E-state index in [0.717, 1.165) is 11.7 Å². The Morgan fingerprint density at radius 3 is 2.68 bits per heavy atom. The van der Waals surface area contributed by atoms with Crippen LogP contribution < -0.4 is 0 Å². The van der Waals surface area contributed by atoms with Crippen LogP contribution in [0.5, 0.6) is 0 Å². The molecule has 0 radical (unpaired) electrons. The van der Waals surface area contributed by atoms with Crippen LogP contribution in [0.3, 0.4) is 0 Å². The molecule has 4 heteroatoms. The summed E-state index contributed by atoms with van der Waals surface area (Å²) in [5.74, 6) is 2.04. The number of nitrogens with zero attached hydrogens (tertiary/aromatic N) is 3. The minimum Gasteiger partial charge on any atom is -0.482 e. The van der Waals surface area contributed by atoms with E-state index in [-0.39, 0.29) is 12.0 Å². The van der Waals surface area contributed by atoms with Crippen molar-refractivity contribution < 1.29 is 4.74 Å². The molecule has 2 heterocycles. The predicted molar refractivity (Wildman–Crippen MR) is 88.9 cm³/mol. The van der Waals surface area contributed by atoms with Gasteiger partial charge in [0.2, 0.25) is 0 Å². The molecule has 2 aromatic rings. The number of imidazole rings is 1. The van der Waals surface area contributed by atoms with Gasteiger partial charge in [-0.25, -0.2) is 4.98 Å². The zero-order chi connectivity index (χ0) is 15.5. The zero-order valence-corrected chi connectivity index (χ0v) is 13.2. The van der Waals surface area contributed by atoms with Gasteiger partial charge in [-0.1, -0.05) is 42.5 Å². The van der Waals surface area contributed by atoms with E-state index in [2.05, 4.69) is 54.3 Å². The number of benzene rings is 1. The highest BCUT2D eigenvalue weighted by Crippen LogP contribution is 2.35. The highest BCUT2D eigenvalue weighted by atomic mass is 16.5. The van der Waals surface area contributed by atoms with E-state index in [1.807, 2.05) is 35.2 Å². The molecule has 0 spiro atoms. The van der Waals surface area contributed by atoms with Crippen LogP contribution in [0, 0.1) is 5.92 Å². The molecule has 2 atom stereocenters. The maximum absolute atomic E-state index is 5.52. The fourth-order valence-electron chi connectivity index (χ4n) is 2.92. The van der Waals surface area contributed by atoms with Crippen molar-refractivity contribution in [2.45, 2.75) is 6.04 Å². The second-order valence-corrected chi connectivity index (χ2v) is 5.62. The van der Waals surface area contributed by atoms with Crippen molar-refractivity contribution in [1.29, 1.82) is 0 Å². The first kappa shape index (κ1) is 14.6. The largest absolute Gasteiger partial charge is 0.482 e. The summed E-state index contributed by atoms with van der Waals surface area (Å²) in [6.45, 7) is 0. The highest BCUT2D eigenvalue weighted by molar-refractivity contribution is 5.52. The van der Waals surface area contributed by atoms with Gasteiger partial charge in [-0.2, -0.15) is 0 Å². The molecular weight excluding hydrogens is 274 g/mol. The van der Waals surface area contributed by atoms with Gasteiger partial charge in [-0.05, 0) is 25.7 Å². The van der Waals surface area contributed by atoms with E-state index in [0.29, 0.717) is 0 Å². The van der Waals surface area contributed by atoms with Gasteiger partial charge in [-0.15, -0.1) is 0 Å². The Morgan fingerprint density at radius 2 is 2.00 bits per heavy atom. The van der Waals surface area contributed by atoms with E-state index in [1.165, 1.54) is 5.56 Å². The molecule has 4 nitrogen and oxygen atoms in total. The Balaban J connectivity index is 1.96. The first-order valence-electron chi connectivity index (χ1n) is 7.40. The van der Waals surface area contributed by atoms with Crippen molar-refractivity contribution in [3.05, 3.63) is 66.3 Å². The summed E-state index contributed by atoms with van der Waals surface area (Å²) >= 11 is 0. The Labute approximate surface area is 131 Å². The van der Waals surface area contributed by atoms with Gasteiger partial charge in [0.1, 0.15) is 5.82 Å². The third-order valence-electron chi connectivity index (χ3n) is 3.95. The Bertz CT molecular complexity index is 685. The lowest BCUT2D eigenvalue weighted by Crippen LogP contribution is -2.31. The van der Waals surface area contributed by atoms with Gasteiger partial charge in [0.05, 0.1) is 13.2 Å². The molecule has 0 fully saturated rings. The molecule has 0 saturated heterocycles. The quantitative estimate of drug-likeness (QED) is 0.867. The summed E-state index contributed by atoms with van der Waals surface area (Å²) < 4.78 is 7.53. The van der Waals surface area contributed by atoms with Crippen LogP contribution in [0.25, 0.3) is 12.0 Å². The molecule has 1 aromatic carbocycles. The lowest BCUT2D eigenvalue weighted by atomic mass is 9.94. The topological polar surface area (TPSA) is 30.3 Å². The molecule has 0 bridgehead atoms. The number of methoxy groups -OCH3 is 1. The van der Waals surface area contributed by atoms with E-state index < -0.39 is 0 Å². The van der Waals surface area contributed by atoms with Gasteiger partial charge >= 0.3 is 0 Å². The van der Waals surface area contributed by atoms with Gasteiger partial charge in [0, 0.05) is 18.3 Å². The van der Waals surface area contributed by atoms with Crippen molar-refractivity contribution >= 4 is 12.0 Å². The van der Waals surface area contributed by atoms with Crippen molar-refractivity contribution in [2.75, 3.05) is 21.2 Å². The van der Waals surface area contributed by atoms with Crippen LogP contribution in [0.15, 0.2) is 54.9 Å². The molecule has 0 amide bonds. The molecule has 114 valence electrons. The average Bonchev–Trinajstić information content (AvgIpc) is 3.01. The third-order valence-corrected chi connectivity index (χ3v) is 3.95. The van der Waals surface area contributed by atoms with Crippen molar-refractivity contribution in [3.8, 4) is 0 Å². The van der Waals surface area contributed by atoms with E-state index in [1.54, 1.807) is 7.11 Å². The maximum Gasteiger partial charge on any atom is 0.195 e. The summed E-state index contributed by atoms with van der Waals surface area (Å²) in [6.07, 6.45) is 10.3. The maximum atomic E-state index is 5.52. The smallest absolute Gasteiger partial charge is 0.195 e. The SMILES string of the molecule is COC1=C[C@H](/C=C/c2ccccc2)[C@@H](N(C)C)c2nccn21. The number of hydrogen-bond acceptors (Lipinski definition) is 3. The third kappa shape index (κ3) is 2.70. The fourth-order valence-corrected chi connectivity index (χ4v) is 2.92. The van der Waals surface area contributed by atoms with Gasteiger partial charge < -0.3 is 4.74 Å². The van der Waals surface area contributed by atoms with E-state index in [4.69, 9.17) is 4.74 Å². The van der Waals surface area contributed by atoms with Crippen LogP contribution in [0.1, 0.15) is 17.4 Å². The lowest BCUT2D eigenvalue weighted by molar-refractivity contribution is 0.233. The zero-order valence-electron chi connectivity index (χ0n) is 13.2. The first-order chi connectivity index (χ1) is 10.7. The first-order valence-corrected chi connectivity index (χ1v) is 7.40. The highest BCUT2D eigenvalue weighted by Gasteiger charge is 2.31. The number of aromatic nitrogens is 2. The standard InChI is InChI=1S/C18H21N3O/c1-20(2)17-15(10-9-14-7-5-4-6-8-14)13-16(22-3)21-12-11-19-18(17)21/h4-13,15,17H,1-3H3/b10-9+/t15-,17+/m0/s1. The lowest BCUT2D eigenvalue weighted by Gasteiger charge is -2.33. The van der Waals surface area contributed by atoms with Crippen LogP contribution in [-0.2, 0) is 4.74 Å². The predicted octanol–water partition coefficient (Wildman–Crippen LogP) is 3.27. The van der Waals surface area contributed by atoms with Crippen molar-refractivity contribution in [1.82, 2.24) is 14.5 Å². The number of fused-ring (bicyclic) bond motifs is 1. The summed E-state index contributed by atoms with van der Waals surface area (Å²) in [5, 5.41) is 0. The second kappa shape index (κ2) is 6.20. The molecule has 0 aliphatic carbocycles. The molecule has 0 unspecified atom stereocenters. The summed E-state index contributed by atoms with van der Waals surface area (Å²) in [6, 6.07) is 10.5. The molecule has 0 N–H and O–H groups in total. The van der Waals surface area contributed by atoms with Crippen LogP contribution in [0.4, 0.5) is 0 Å². The Kier molecular flexibility index (Phi) is 4.11. The summed E-state index contributed by atoms with van der Waals surface area (Å²) in [5.41, 5.74) is 1.20. The molecule has 1 aromatic heterocycles.